The smallest absolute Gasteiger partial charge is 0.335 e. The number of hydrogen-bond acceptors (Lipinski definition) is 6. The fraction of sp³-hybridized carbons (Fsp3) is 0.136. The third-order valence-corrected chi connectivity index (χ3v) is 5.24. The molecule has 2 amide bonds. The van der Waals surface area contributed by atoms with Gasteiger partial charge in [0.1, 0.15) is 11.6 Å². The van der Waals surface area contributed by atoms with Crippen LogP contribution in [0.5, 0.6) is 0 Å². The zero-order valence-electron chi connectivity index (χ0n) is 17.3. The molecule has 2 aromatic carbocycles. The van der Waals surface area contributed by atoms with Gasteiger partial charge in [-0.2, -0.15) is 0 Å². The Hall–Kier alpha value is -3.99. The van der Waals surface area contributed by atoms with Crippen LogP contribution < -0.4 is 10.6 Å². The Morgan fingerprint density at radius 3 is 2.48 bits per heavy atom. The summed E-state index contributed by atoms with van der Waals surface area (Å²) in [5.41, 5.74) is 0.885. The standard InChI is InChI=1S/C22H20FN5O4S/c1-2-10-28-18(12-19(29)24-16-8-6-15(23)7-9-16)26-27-22(28)33-13-20(30)25-17-5-3-4-14(11-17)21(31)32/h2-9,11H,1,10,12-13H2,(H,24,29)(H,25,30)(H,31,32). The van der Waals surface area contributed by atoms with Gasteiger partial charge in [0.2, 0.25) is 11.8 Å². The van der Waals surface area contributed by atoms with Crippen LogP contribution in [0.2, 0.25) is 0 Å². The molecule has 11 heteroatoms. The maximum absolute atomic E-state index is 13.0. The molecule has 0 atom stereocenters. The second kappa shape index (κ2) is 11.0. The molecule has 0 aliphatic carbocycles. The number of aromatic nitrogens is 3. The first-order chi connectivity index (χ1) is 15.9. The van der Waals surface area contributed by atoms with Gasteiger partial charge < -0.3 is 20.3 Å². The van der Waals surface area contributed by atoms with Crippen molar-refractivity contribution in [2.45, 2.75) is 18.1 Å². The number of carbonyl (C=O) groups excluding carboxylic acids is 2. The molecule has 3 rings (SSSR count). The van der Waals surface area contributed by atoms with E-state index >= 15 is 0 Å². The molecule has 3 N–H and O–H groups in total. The number of hydrogen-bond donors (Lipinski definition) is 3. The van der Waals surface area contributed by atoms with Gasteiger partial charge >= 0.3 is 5.97 Å². The molecular formula is C22H20FN5O4S. The maximum atomic E-state index is 13.0. The van der Waals surface area contributed by atoms with Gasteiger partial charge in [-0.15, -0.1) is 16.8 Å². The van der Waals surface area contributed by atoms with Crippen LogP contribution in [0.3, 0.4) is 0 Å². The molecule has 0 radical (unpaired) electrons. The molecular weight excluding hydrogens is 449 g/mol. The number of carboxylic acid groups (broad SMARTS) is 1. The minimum absolute atomic E-state index is 0.00560. The first kappa shape index (κ1) is 23.7. The van der Waals surface area contributed by atoms with E-state index in [1.807, 2.05) is 0 Å². The summed E-state index contributed by atoms with van der Waals surface area (Å²) in [4.78, 5) is 35.7. The number of carboxylic acids is 1. The third kappa shape index (κ3) is 6.74. The number of anilines is 2. The molecule has 0 unspecified atom stereocenters. The number of nitrogens with one attached hydrogen (secondary N) is 2. The van der Waals surface area contributed by atoms with Crippen molar-refractivity contribution >= 4 is 40.9 Å². The molecule has 3 aromatic rings. The molecule has 1 heterocycles. The van der Waals surface area contributed by atoms with Gasteiger partial charge in [0.05, 0.1) is 17.7 Å². The van der Waals surface area contributed by atoms with Gasteiger partial charge in [0.25, 0.3) is 0 Å². The second-order valence-corrected chi connectivity index (χ2v) is 7.70. The van der Waals surface area contributed by atoms with Crippen molar-refractivity contribution in [2.24, 2.45) is 0 Å². The first-order valence-electron chi connectivity index (χ1n) is 9.70. The van der Waals surface area contributed by atoms with Crippen LogP contribution in [-0.4, -0.2) is 43.4 Å². The van der Waals surface area contributed by atoms with Crippen LogP contribution in [0.25, 0.3) is 0 Å². The van der Waals surface area contributed by atoms with Crippen LogP contribution in [0.4, 0.5) is 15.8 Å². The van der Waals surface area contributed by atoms with Crippen molar-refractivity contribution in [3.8, 4) is 0 Å². The maximum Gasteiger partial charge on any atom is 0.335 e. The van der Waals surface area contributed by atoms with E-state index in [1.165, 1.54) is 42.5 Å². The lowest BCUT2D eigenvalue weighted by atomic mass is 10.2. The number of benzene rings is 2. The van der Waals surface area contributed by atoms with Gasteiger partial charge in [-0.1, -0.05) is 23.9 Å². The van der Waals surface area contributed by atoms with E-state index in [1.54, 1.807) is 16.7 Å². The summed E-state index contributed by atoms with van der Waals surface area (Å²) < 4.78 is 14.7. The Balaban J connectivity index is 1.61. The minimum atomic E-state index is -1.09. The number of allylic oxidation sites excluding steroid dienone is 1. The second-order valence-electron chi connectivity index (χ2n) is 6.75. The van der Waals surface area contributed by atoms with E-state index in [9.17, 15) is 18.8 Å². The fourth-order valence-electron chi connectivity index (χ4n) is 2.81. The molecule has 0 aliphatic heterocycles. The van der Waals surface area contributed by atoms with Crippen molar-refractivity contribution in [3.05, 3.63) is 78.4 Å². The molecule has 0 bridgehead atoms. The van der Waals surface area contributed by atoms with Gasteiger partial charge in [-0.05, 0) is 42.5 Å². The summed E-state index contributed by atoms with van der Waals surface area (Å²) >= 11 is 1.12. The van der Waals surface area contributed by atoms with Crippen molar-refractivity contribution in [3.63, 3.8) is 0 Å². The Labute approximate surface area is 192 Å². The van der Waals surface area contributed by atoms with Crippen LogP contribution >= 0.6 is 11.8 Å². The Kier molecular flexibility index (Phi) is 7.92. The van der Waals surface area contributed by atoms with Crippen molar-refractivity contribution < 1.29 is 23.9 Å². The van der Waals surface area contributed by atoms with Crippen LogP contribution in [0.1, 0.15) is 16.2 Å². The zero-order chi connectivity index (χ0) is 23.8. The highest BCUT2D eigenvalue weighted by Gasteiger charge is 2.17. The van der Waals surface area contributed by atoms with Crippen molar-refractivity contribution in [1.29, 1.82) is 0 Å². The summed E-state index contributed by atoms with van der Waals surface area (Å²) in [7, 11) is 0. The average Bonchev–Trinajstić information content (AvgIpc) is 3.15. The predicted molar refractivity (Wildman–Crippen MR) is 122 cm³/mol. The molecule has 0 aliphatic rings. The summed E-state index contributed by atoms with van der Waals surface area (Å²) in [6.45, 7) is 4.03. The van der Waals surface area contributed by atoms with E-state index in [2.05, 4.69) is 27.4 Å². The largest absolute Gasteiger partial charge is 0.478 e. The lowest BCUT2D eigenvalue weighted by molar-refractivity contribution is -0.116. The predicted octanol–water partition coefficient (Wildman–Crippen LogP) is 3.21. The molecule has 1 aromatic heterocycles. The highest BCUT2D eigenvalue weighted by molar-refractivity contribution is 7.99. The first-order valence-corrected chi connectivity index (χ1v) is 10.7. The molecule has 0 saturated carbocycles. The molecule has 0 fully saturated rings. The number of amides is 2. The van der Waals surface area contributed by atoms with Crippen LogP contribution in [0.15, 0.2) is 66.3 Å². The van der Waals surface area contributed by atoms with E-state index < -0.39 is 11.8 Å². The number of aromatic carboxylic acids is 1. The number of thioether (sulfide) groups is 1. The van der Waals surface area contributed by atoms with Gasteiger partial charge in [0.15, 0.2) is 5.16 Å². The highest BCUT2D eigenvalue weighted by atomic mass is 32.2. The van der Waals surface area contributed by atoms with E-state index in [4.69, 9.17) is 5.11 Å². The summed E-state index contributed by atoms with van der Waals surface area (Å²) in [6.07, 6.45) is 1.54. The van der Waals surface area contributed by atoms with Crippen LogP contribution in [-0.2, 0) is 22.6 Å². The summed E-state index contributed by atoms with van der Waals surface area (Å²) in [5.74, 6) is -1.83. The number of carbonyl (C=O) groups is 3. The lowest BCUT2D eigenvalue weighted by Gasteiger charge is -2.09. The van der Waals surface area contributed by atoms with E-state index in [0.29, 0.717) is 28.9 Å². The summed E-state index contributed by atoms with van der Waals surface area (Å²) in [6, 6.07) is 11.3. The van der Waals surface area contributed by atoms with Crippen molar-refractivity contribution in [2.75, 3.05) is 16.4 Å². The Morgan fingerprint density at radius 1 is 1.06 bits per heavy atom. The molecule has 9 nitrogen and oxygen atoms in total. The summed E-state index contributed by atoms with van der Waals surface area (Å²) in [5, 5.41) is 22.9. The van der Waals surface area contributed by atoms with Crippen LogP contribution in [0, 0.1) is 5.82 Å². The normalized spacial score (nSPS) is 10.5. The third-order valence-electron chi connectivity index (χ3n) is 4.28. The Morgan fingerprint density at radius 2 is 1.79 bits per heavy atom. The van der Waals surface area contributed by atoms with Gasteiger partial charge in [-0.25, -0.2) is 9.18 Å². The lowest BCUT2D eigenvalue weighted by Crippen LogP contribution is -2.18. The van der Waals surface area contributed by atoms with Gasteiger partial charge in [-0.3, -0.25) is 9.59 Å². The average molecular weight is 469 g/mol. The monoisotopic (exact) mass is 469 g/mol. The van der Waals surface area contributed by atoms with E-state index in [0.717, 1.165) is 11.8 Å². The Bertz CT molecular complexity index is 1180. The molecule has 0 saturated heterocycles. The number of nitrogens with zero attached hydrogens (tertiary/aromatic N) is 3. The molecule has 33 heavy (non-hydrogen) atoms. The number of halogens is 1. The van der Waals surface area contributed by atoms with Crippen molar-refractivity contribution in [1.82, 2.24) is 14.8 Å². The van der Waals surface area contributed by atoms with E-state index in [-0.39, 0.29) is 29.6 Å². The quantitative estimate of drug-likeness (QED) is 0.307. The SMILES string of the molecule is C=CCn1c(CC(=O)Nc2ccc(F)cc2)nnc1SCC(=O)Nc1cccc(C(=O)O)c1. The van der Waals surface area contributed by atoms with Gasteiger partial charge in [0, 0.05) is 17.9 Å². The minimum Gasteiger partial charge on any atom is -0.478 e. The fourth-order valence-corrected chi connectivity index (χ4v) is 3.57. The molecule has 0 spiro atoms. The molecule has 170 valence electrons. The zero-order valence-corrected chi connectivity index (χ0v) is 18.1. The topological polar surface area (TPSA) is 126 Å². The number of rotatable bonds is 10. The highest BCUT2D eigenvalue weighted by Crippen LogP contribution is 2.19.